The van der Waals surface area contributed by atoms with Crippen molar-refractivity contribution in [3.8, 4) is 0 Å². The van der Waals surface area contributed by atoms with Crippen LogP contribution in [0, 0.1) is 6.92 Å². The maximum absolute atomic E-state index is 13.6. The van der Waals surface area contributed by atoms with Crippen molar-refractivity contribution in [2.75, 3.05) is 11.4 Å². The van der Waals surface area contributed by atoms with Crippen molar-refractivity contribution in [1.29, 1.82) is 0 Å². The van der Waals surface area contributed by atoms with E-state index in [0.717, 1.165) is 31.2 Å². The lowest BCUT2D eigenvalue weighted by atomic mass is 10.0. The number of nitrogens with zero attached hydrogens (tertiary/aromatic N) is 2. The molecule has 1 aliphatic carbocycles. The van der Waals surface area contributed by atoms with Crippen LogP contribution in [0.3, 0.4) is 0 Å². The summed E-state index contributed by atoms with van der Waals surface area (Å²) in [7, 11) is 0. The number of anilines is 1. The normalized spacial score (nSPS) is 14.4. The van der Waals surface area contributed by atoms with Gasteiger partial charge in [-0.05, 0) is 67.3 Å². The summed E-state index contributed by atoms with van der Waals surface area (Å²) in [6.45, 7) is 1.62. The summed E-state index contributed by atoms with van der Waals surface area (Å²) in [5.74, 6) is -1.07. The lowest BCUT2D eigenvalue weighted by molar-refractivity contribution is -0.126. The second kappa shape index (κ2) is 10.8. The van der Waals surface area contributed by atoms with Crippen molar-refractivity contribution in [2.24, 2.45) is 0 Å². The third kappa shape index (κ3) is 5.51. The van der Waals surface area contributed by atoms with Gasteiger partial charge in [-0.25, -0.2) is 0 Å². The third-order valence-corrected chi connectivity index (χ3v) is 5.92. The summed E-state index contributed by atoms with van der Waals surface area (Å²) in [5.41, 5.74) is 2.15. The Bertz CT molecular complexity index is 1120. The molecule has 1 saturated carbocycles. The molecule has 8 nitrogen and oxygen atoms in total. The van der Waals surface area contributed by atoms with Gasteiger partial charge in [0.25, 0.3) is 5.91 Å². The van der Waals surface area contributed by atoms with E-state index < -0.39 is 17.9 Å². The van der Waals surface area contributed by atoms with E-state index >= 15 is 0 Å². The number of rotatable bonds is 8. The van der Waals surface area contributed by atoms with Crippen LogP contribution in [-0.2, 0) is 9.59 Å². The van der Waals surface area contributed by atoms with Crippen LogP contribution in [0.25, 0.3) is 0 Å². The van der Waals surface area contributed by atoms with Crippen LogP contribution < -0.4 is 15.5 Å². The molecule has 0 radical (unpaired) electrons. The fourth-order valence-electron chi connectivity index (χ4n) is 4.26. The number of hydrogen-bond acceptors (Lipinski definition) is 5. The van der Waals surface area contributed by atoms with Gasteiger partial charge >= 0.3 is 0 Å². The number of carbonyl (C=O) groups excluding carboxylic acids is 3. The molecule has 3 amide bonds. The van der Waals surface area contributed by atoms with Crippen LogP contribution in [0.2, 0.25) is 0 Å². The predicted octanol–water partition coefficient (Wildman–Crippen LogP) is 3.55. The molecule has 2 aromatic heterocycles. The second-order valence-electron chi connectivity index (χ2n) is 8.44. The number of pyridine rings is 1. The average Bonchev–Trinajstić information content (AvgIpc) is 3.56. The highest BCUT2D eigenvalue weighted by Gasteiger charge is 2.34. The van der Waals surface area contributed by atoms with Gasteiger partial charge in [0, 0.05) is 24.1 Å². The fourth-order valence-corrected chi connectivity index (χ4v) is 4.26. The minimum atomic E-state index is -0.918. The number of benzene rings is 1. The molecule has 0 aliphatic heterocycles. The number of aryl methyl sites for hydroxylation is 1. The van der Waals surface area contributed by atoms with Gasteiger partial charge in [-0.15, -0.1) is 0 Å². The number of hydrogen-bond donors (Lipinski definition) is 2. The monoisotopic (exact) mass is 460 g/mol. The molecule has 176 valence electrons. The number of nitrogens with one attached hydrogen (secondary N) is 2. The summed E-state index contributed by atoms with van der Waals surface area (Å²) >= 11 is 0. The predicted molar refractivity (Wildman–Crippen MR) is 127 cm³/mol. The molecule has 0 saturated heterocycles. The van der Waals surface area contributed by atoms with E-state index in [1.807, 2.05) is 25.1 Å². The molecule has 2 N–H and O–H groups in total. The lowest BCUT2D eigenvalue weighted by Crippen LogP contribution is -2.49. The van der Waals surface area contributed by atoms with E-state index in [4.69, 9.17) is 4.42 Å². The summed E-state index contributed by atoms with van der Waals surface area (Å²) < 4.78 is 5.11. The first-order chi connectivity index (χ1) is 16.5. The molecule has 1 aliphatic rings. The Balaban J connectivity index is 1.66. The topological polar surface area (TPSA) is 105 Å². The van der Waals surface area contributed by atoms with Gasteiger partial charge in [-0.2, -0.15) is 0 Å². The molecular weight excluding hydrogens is 432 g/mol. The molecule has 8 heteroatoms. The van der Waals surface area contributed by atoms with Crippen LogP contribution in [0.5, 0.6) is 0 Å². The molecule has 1 atom stereocenters. The molecule has 3 aromatic rings. The molecule has 4 rings (SSSR count). The van der Waals surface area contributed by atoms with Crippen molar-refractivity contribution in [1.82, 2.24) is 15.6 Å². The van der Waals surface area contributed by atoms with Gasteiger partial charge in [0.05, 0.1) is 12.8 Å². The van der Waals surface area contributed by atoms with E-state index in [9.17, 15) is 14.4 Å². The molecule has 0 unspecified atom stereocenters. The molecular formula is C26H28N4O4. The van der Waals surface area contributed by atoms with Crippen LogP contribution in [0.4, 0.5) is 5.69 Å². The molecule has 1 aromatic carbocycles. The van der Waals surface area contributed by atoms with E-state index in [0.29, 0.717) is 11.3 Å². The Morgan fingerprint density at radius 2 is 1.85 bits per heavy atom. The van der Waals surface area contributed by atoms with Crippen molar-refractivity contribution in [3.63, 3.8) is 0 Å². The lowest BCUT2D eigenvalue weighted by Gasteiger charge is -2.32. The zero-order chi connectivity index (χ0) is 23.9. The minimum Gasteiger partial charge on any atom is -0.459 e. The zero-order valence-electron chi connectivity index (χ0n) is 19.1. The summed E-state index contributed by atoms with van der Waals surface area (Å²) in [6, 6.07) is 13.2. The van der Waals surface area contributed by atoms with Gasteiger partial charge < -0.3 is 15.1 Å². The number of amides is 3. The fraction of sp³-hybridized carbons (Fsp3) is 0.308. The van der Waals surface area contributed by atoms with Crippen LogP contribution in [0.15, 0.2) is 71.6 Å². The van der Waals surface area contributed by atoms with E-state index in [1.165, 1.54) is 17.2 Å². The minimum absolute atomic E-state index is 0.0879. The molecule has 1 fully saturated rings. The number of furan rings is 1. The van der Waals surface area contributed by atoms with Crippen molar-refractivity contribution in [3.05, 3.63) is 84.1 Å². The van der Waals surface area contributed by atoms with E-state index in [-0.39, 0.29) is 24.3 Å². The van der Waals surface area contributed by atoms with Gasteiger partial charge in [0.2, 0.25) is 11.8 Å². The first-order valence-corrected chi connectivity index (χ1v) is 11.4. The summed E-state index contributed by atoms with van der Waals surface area (Å²) in [5, 5.41) is 5.73. The largest absolute Gasteiger partial charge is 0.459 e. The summed E-state index contributed by atoms with van der Waals surface area (Å²) in [4.78, 5) is 45.1. The Morgan fingerprint density at radius 1 is 1.09 bits per heavy atom. The standard InChI is InChI=1S/C26H28N4O4/c1-18-6-4-9-21(16-18)30(23(31)17-28-25(32)22-10-5-15-34-22)24(19-11-13-27-14-12-19)26(33)29-20-7-2-3-8-20/h4-6,9-16,20,24H,2-3,7-8,17H2,1H3,(H,28,32)(H,29,33)/t24-/m1/s1. The highest BCUT2D eigenvalue weighted by Crippen LogP contribution is 2.29. The van der Waals surface area contributed by atoms with Gasteiger partial charge in [0.15, 0.2) is 5.76 Å². The van der Waals surface area contributed by atoms with Crippen LogP contribution in [-0.4, -0.2) is 35.3 Å². The van der Waals surface area contributed by atoms with Gasteiger partial charge in [0.1, 0.15) is 6.04 Å². The van der Waals surface area contributed by atoms with Crippen molar-refractivity contribution in [2.45, 2.75) is 44.7 Å². The van der Waals surface area contributed by atoms with Crippen molar-refractivity contribution < 1.29 is 18.8 Å². The van der Waals surface area contributed by atoms with Crippen LogP contribution >= 0.6 is 0 Å². The Labute approximate surface area is 198 Å². The maximum atomic E-state index is 13.6. The Morgan fingerprint density at radius 3 is 2.53 bits per heavy atom. The smallest absolute Gasteiger partial charge is 0.287 e. The van der Waals surface area contributed by atoms with Gasteiger partial charge in [-0.1, -0.05) is 25.0 Å². The number of carbonyl (C=O) groups is 3. The zero-order valence-corrected chi connectivity index (χ0v) is 19.1. The molecule has 2 heterocycles. The van der Waals surface area contributed by atoms with E-state index in [2.05, 4.69) is 15.6 Å². The second-order valence-corrected chi connectivity index (χ2v) is 8.44. The molecule has 0 bridgehead atoms. The highest BCUT2D eigenvalue weighted by molar-refractivity contribution is 6.04. The SMILES string of the molecule is Cc1cccc(N(C(=O)CNC(=O)c2ccco2)[C@@H](C(=O)NC2CCCC2)c2ccncc2)c1. The molecule has 34 heavy (non-hydrogen) atoms. The Kier molecular flexibility index (Phi) is 7.37. The number of aromatic nitrogens is 1. The molecule has 0 spiro atoms. The van der Waals surface area contributed by atoms with Crippen LogP contribution in [0.1, 0.15) is 53.4 Å². The quantitative estimate of drug-likeness (QED) is 0.535. The van der Waals surface area contributed by atoms with E-state index in [1.54, 1.807) is 36.7 Å². The third-order valence-electron chi connectivity index (χ3n) is 5.92. The highest BCUT2D eigenvalue weighted by atomic mass is 16.3. The first kappa shape index (κ1) is 23.2. The maximum Gasteiger partial charge on any atom is 0.287 e. The Hall–Kier alpha value is -3.94. The summed E-state index contributed by atoms with van der Waals surface area (Å²) in [6.07, 6.45) is 8.58. The first-order valence-electron chi connectivity index (χ1n) is 11.4. The van der Waals surface area contributed by atoms with Gasteiger partial charge in [-0.3, -0.25) is 24.3 Å². The van der Waals surface area contributed by atoms with Crippen molar-refractivity contribution >= 4 is 23.4 Å². The average molecular weight is 461 g/mol.